The van der Waals surface area contributed by atoms with Crippen molar-refractivity contribution in [2.45, 2.75) is 0 Å². The van der Waals surface area contributed by atoms with Gasteiger partial charge in [-0.15, -0.1) is 0 Å². The van der Waals surface area contributed by atoms with E-state index in [4.69, 9.17) is 10.5 Å². The maximum atomic E-state index is 15.7. The van der Waals surface area contributed by atoms with Crippen LogP contribution in [-0.2, 0) is 0 Å². The molecule has 0 aliphatic heterocycles. The Balaban J connectivity index is 2.20. The zero-order valence-corrected chi connectivity index (χ0v) is 21.5. The van der Waals surface area contributed by atoms with Crippen LogP contribution in [0, 0.1) is 115 Å². The summed E-state index contributed by atoms with van der Waals surface area (Å²) in [6.45, 7) is 0. The molecular formula is C28F8N10. The van der Waals surface area contributed by atoms with Crippen LogP contribution in [0.3, 0.4) is 0 Å². The average Bonchev–Trinajstić information content (AvgIpc) is 3.36. The van der Waals surface area contributed by atoms with Gasteiger partial charge in [0.05, 0.1) is 11.1 Å². The lowest BCUT2D eigenvalue weighted by Gasteiger charge is -2.18. The number of hydrogen-bond acceptors (Lipinski definition) is 10. The van der Waals surface area contributed by atoms with Crippen molar-refractivity contribution in [3.63, 3.8) is 0 Å². The summed E-state index contributed by atoms with van der Waals surface area (Å²) >= 11 is 0. The highest BCUT2D eigenvalue weighted by molar-refractivity contribution is 6.11. The molecule has 0 atom stereocenters. The van der Waals surface area contributed by atoms with Crippen LogP contribution in [0.15, 0.2) is 0 Å². The minimum Gasteiger partial charge on any atom is -0.232 e. The highest BCUT2D eigenvalue weighted by Gasteiger charge is 2.41. The van der Waals surface area contributed by atoms with E-state index in [1.165, 1.54) is 24.3 Å². The van der Waals surface area contributed by atoms with E-state index in [0.717, 1.165) is 12.1 Å². The molecule has 1 aliphatic carbocycles. The topological polar surface area (TPSA) is 194 Å². The molecule has 0 amide bonds. The van der Waals surface area contributed by atoms with E-state index in [0.29, 0.717) is 0 Å². The van der Waals surface area contributed by atoms with E-state index in [9.17, 15) is 38.6 Å². The highest BCUT2D eigenvalue weighted by Crippen LogP contribution is 2.49. The summed E-state index contributed by atoms with van der Waals surface area (Å²) in [5.74, 6) is -19.9. The number of rotatable bonds is 2. The van der Waals surface area contributed by atoms with Gasteiger partial charge in [-0.1, -0.05) is 0 Å². The Labute approximate surface area is 248 Å². The lowest BCUT2D eigenvalue weighted by atomic mass is 9.88. The third kappa shape index (κ3) is 3.96. The van der Waals surface area contributed by atoms with E-state index in [-0.39, 0.29) is 0 Å². The summed E-state index contributed by atoms with van der Waals surface area (Å²) < 4.78 is 122. The Morgan fingerprint density at radius 2 is 0.630 bits per heavy atom. The third-order valence-electron chi connectivity index (χ3n) is 6.41. The number of benzene rings is 2. The molecule has 18 heteroatoms. The molecule has 2 aromatic carbocycles. The SMILES string of the molecule is N#Cc1nc2c(nc1C#N)-c1nc(C#N)c(C#N)nc1C2=C(c1c(F)c(F)c(C#N)c(F)c1F)c1c(F)c(F)c(C#N)c(F)c1F. The number of fused-ring (bicyclic) bond motifs is 3. The number of nitrogens with zero attached hydrogens (tertiary/aromatic N) is 10. The van der Waals surface area contributed by atoms with Gasteiger partial charge in [0.15, 0.2) is 69.3 Å². The largest absolute Gasteiger partial charge is 0.232 e. The minimum atomic E-state index is -2.54. The van der Waals surface area contributed by atoms with Crippen molar-refractivity contribution in [1.82, 2.24) is 19.9 Å². The molecule has 0 saturated heterocycles. The highest BCUT2D eigenvalue weighted by atomic mass is 19.2. The normalized spacial score (nSPS) is 10.9. The van der Waals surface area contributed by atoms with Crippen LogP contribution in [0.25, 0.3) is 22.5 Å². The molecule has 0 radical (unpaired) electrons. The van der Waals surface area contributed by atoms with Crippen molar-refractivity contribution in [2.24, 2.45) is 0 Å². The molecule has 4 aromatic rings. The van der Waals surface area contributed by atoms with E-state index in [1.54, 1.807) is 0 Å². The molecule has 0 unspecified atom stereocenters. The summed E-state index contributed by atoms with van der Waals surface area (Å²) in [6.07, 6.45) is 0. The van der Waals surface area contributed by atoms with Gasteiger partial charge in [-0.05, 0) is 0 Å². The Kier molecular flexibility index (Phi) is 7.07. The zero-order chi connectivity index (χ0) is 33.8. The Morgan fingerprint density at radius 3 is 0.870 bits per heavy atom. The van der Waals surface area contributed by atoms with E-state index < -0.39 is 125 Å². The van der Waals surface area contributed by atoms with Crippen molar-refractivity contribution < 1.29 is 35.1 Å². The molecule has 5 rings (SSSR count). The maximum absolute atomic E-state index is 15.7. The van der Waals surface area contributed by atoms with Crippen molar-refractivity contribution in [3.8, 4) is 47.8 Å². The van der Waals surface area contributed by atoms with Gasteiger partial charge in [0, 0.05) is 11.1 Å². The summed E-state index contributed by atoms with van der Waals surface area (Å²) in [4.78, 5) is 15.2. The van der Waals surface area contributed by atoms with Crippen molar-refractivity contribution >= 4 is 11.1 Å². The van der Waals surface area contributed by atoms with Crippen LogP contribution in [0.1, 0.15) is 56.4 Å². The minimum absolute atomic E-state index is 0.711. The van der Waals surface area contributed by atoms with Crippen molar-refractivity contribution in [1.29, 1.82) is 31.6 Å². The first-order valence-electron chi connectivity index (χ1n) is 11.6. The number of hydrogen-bond donors (Lipinski definition) is 0. The summed E-state index contributed by atoms with van der Waals surface area (Å²) in [5.41, 5.74) is -17.5. The van der Waals surface area contributed by atoms with Gasteiger partial charge in [-0.25, -0.2) is 55.1 Å². The van der Waals surface area contributed by atoms with Gasteiger partial charge in [-0.3, -0.25) is 0 Å². The molecule has 0 saturated carbocycles. The molecule has 0 spiro atoms. The van der Waals surface area contributed by atoms with Crippen molar-refractivity contribution in [2.75, 3.05) is 0 Å². The summed E-state index contributed by atoms with van der Waals surface area (Å²) in [6, 6.07) is 7.48. The van der Waals surface area contributed by atoms with Gasteiger partial charge in [0.1, 0.15) is 70.3 Å². The second-order valence-corrected chi connectivity index (χ2v) is 8.67. The maximum Gasteiger partial charge on any atom is 0.180 e. The molecule has 1 aliphatic rings. The average molecular weight is 628 g/mol. The van der Waals surface area contributed by atoms with Gasteiger partial charge >= 0.3 is 0 Å². The predicted octanol–water partition coefficient (Wildman–Crippen LogP) is 4.60. The van der Waals surface area contributed by atoms with Crippen LogP contribution in [0.2, 0.25) is 0 Å². The molecule has 2 aromatic heterocycles. The van der Waals surface area contributed by atoms with Crippen molar-refractivity contribution in [3.05, 3.63) is 103 Å². The first kappa shape index (κ1) is 30.2. The van der Waals surface area contributed by atoms with E-state index in [2.05, 4.69) is 19.9 Å². The second kappa shape index (κ2) is 10.8. The van der Waals surface area contributed by atoms with Gasteiger partial charge in [0.25, 0.3) is 0 Å². The third-order valence-corrected chi connectivity index (χ3v) is 6.41. The van der Waals surface area contributed by atoms with E-state index >= 15 is 17.6 Å². The van der Waals surface area contributed by atoms with Gasteiger partial charge < -0.3 is 0 Å². The Morgan fingerprint density at radius 1 is 0.370 bits per heavy atom. The molecule has 0 N–H and O–H groups in total. The first-order chi connectivity index (χ1) is 21.9. The quantitative estimate of drug-likeness (QED) is 0.197. The Bertz CT molecular complexity index is 2210. The Hall–Kier alpha value is -7.28. The fourth-order valence-electron chi connectivity index (χ4n) is 4.48. The van der Waals surface area contributed by atoms with Crippen LogP contribution < -0.4 is 0 Å². The molecule has 46 heavy (non-hydrogen) atoms. The summed E-state index contributed by atoms with van der Waals surface area (Å²) in [5, 5.41) is 56.0. The van der Waals surface area contributed by atoms with E-state index in [1.807, 2.05) is 0 Å². The van der Waals surface area contributed by atoms with Gasteiger partial charge in [0.2, 0.25) is 0 Å². The molecule has 0 fully saturated rings. The lowest BCUT2D eigenvalue weighted by Crippen LogP contribution is -2.14. The van der Waals surface area contributed by atoms with Crippen LogP contribution in [0.5, 0.6) is 0 Å². The number of nitriles is 6. The zero-order valence-electron chi connectivity index (χ0n) is 21.5. The first-order valence-corrected chi connectivity index (χ1v) is 11.6. The molecule has 0 bridgehead atoms. The second-order valence-electron chi connectivity index (χ2n) is 8.67. The molecule has 10 nitrogen and oxygen atoms in total. The van der Waals surface area contributed by atoms with Crippen LogP contribution >= 0.6 is 0 Å². The molecule has 2 heterocycles. The lowest BCUT2D eigenvalue weighted by molar-refractivity contribution is 0.440. The number of aromatic nitrogens is 4. The smallest absolute Gasteiger partial charge is 0.180 e. The molecule has 218 valence electrons. The van der Waals surface area contributed by atoms with Crippen LogP contribution in [0.4, 0.5) is 35.1 Å². The molecular weight excluding hydrogens is 628 g/mol. The number of halogens is 8. The standard InChI is InChI=1S/C28F8N10/c29-17-7(1-37)18(30)22(34)14(21(17)33)13(15-23(35)19(31)8(2-38)20(32)24(15)36)16-25-27(45-11(5-41)9(3-39)43-25)28-26(16)44-10(4-40)12(6-42)46-28. The monoisotopic (exact) mass is 628 g/mol. The van der Waals surface area contributed by atoms with Crippen LogP contribution in [-0.4, -0.2) is 19.9 Å². The fourth-order valence-corrected chi connectivity index (χ4v) is 4.48. The predicted molar refractivity (Wildman–Crippen MR) is 129 cm³/mol. The summed E-state index contributed by atoms with van der Waals surface area (Å²) in [7, 11) is 0. The van der Waals surface area contributed by atoms with Gasteiger partial charge in [-0.2, -0.15) is 31.6 Å². The fraction of sp³-hybridized carbons (Fsp3) is 0.